The van der Waals surface area contributed by atoms with E-state index in [4.69, 9.17) is 5.21 Å². The number of aliphatic hydroxyl groups excluding tert-OH is 1. The maximum absolute atomic E-state index is 12.7. The third kappa shape index (κ3) is 5.24. The SMILES string of the molecule is O=C(/C=C/c1ccc2c(c1)CCC2N(CCO)Cc1ccc(C(F)(F)F)nc1)NO. The molecule has 30 heavy (non-hydrogen) atoms. The number of hydrogen-bond acceptors (Lipinski definition) is 5. The maximum atomic E-state index is 12.7. The van der Waals surface area contributed by atoms with E-state index in [2.05, 4.69) is 4.98 Å². The Labute approximate surface area is 171 Å². The smallest absolute Gasteiger partial charge is 0.395 e. The highest BCUT2D eigenvalue weighted by Crippen LogP contribution is 2.37. The van der Waals surface area contributed by atoms with Crippen molar-refractivity contribution in [1.82, 2.24) is 15.4 Å². The van der Waals surface area contributed by atoms with Gasteiger partial charge in [0, 0.05) is 31.4 Å². The van der Waals surface area contributed by atoms with E-state index in [0.717, 1.165) is 35.6 Å². The molecule has 1 amide bonds. The number of aliphatic hydroxyl groups is 1. The number of hydroxylamine groups is 1. The van der Waals surface area contributed by atoms with Crippen LogP contribution in [-0.4, -0.2) is 39.3 Å². The number of carbonyl (C=O) groups is 1. The normalized spacial score (nSPS) is 16.3. The van der Waals surface area contributed by atoms with Crippen LogP contribution >= 0.6 is 0 Å². The Morgan fingerprint density at radius 1 is 1.30 bits per heavy atom. The lowest BCUT2D eigenvalue weighted by molar-refractivity contribution is -0.141. The lowest BCUT2D eigenvalue weighted by atomic mass is 10.0. The summed E-state index contributed by atoms with van der Waals surface area (Å²) in [7, 11) is 0. The van der Waals surface area contributed by atoms with Gasteiger partial charge in [0.05, 0.1) is 6.61 Å². The topological polar surface area (TPSA) is 85.7 Å². The number of aryl methyl sites for hydroxylation is 1. The predicted molar refractivity (Wildman–Crippen MR) is 103 cm³/mol. The van der Waals surface area contributed by atoms with Crippen LogP contribution in [0.5, 0.6) is 0 Å². The summed E-state index contributed by atoms with van der Waals surface area (Å²) in [4.78, 5) is 16.7. The molecule has 0 fully saturated rings. The average Bonchev–Trinajstić information content (AvgIpc) is 3.14. The number of aromatic nitrogens is 1. The number of carbonyl (C=O) groups excluding carboxylic acids is 1. The van der Waals surface area contributed by atoms with Gasteiger partial charge < -0.3 is 5.11 Å². The number of amides is 1. The van der Waals surface area contributed by atoms with Gasteiger partial charge in [-0.3, -0.25) is 19.9 Å². The van der Waals surface area contributed by atoms with Crippen molar-refractivity contribution in [2.45, 2.75) is 31.6 Å². The fourth-order valence-corrected chi connectivity index (χ4v) is 3.70. The van der Waals surface area contributed by atoms with Gasteiger partial charge in [-0.25, -0.2) is 5.48 Å². The number of rotatable bonds is 7. The van der Waals surface area contributed by atoms with Crippen molar-refractivity contribution in [2.24, 2.45) is 0 Å². The molecule has 6 nitrogen and oxygen atoms in total. The molecule has 160 valence electrons. The number of hydrogen-bond donors (Lipinski definition) is 3. The van der Waals surface area contributed by atoms with Crippen LogP contribution in [0.15, 0.2) is 42.6 Å². The first kappa shape index (κ1) is 21.9. The van der Waals surface area contributed by atoms with Crippen LogP contribution in [-0.2, 0) is 23.9 Å². The minimum atomic E-state index is -4.47. The Morgan fingerprint density at radius 2 is 2.10 bits per heavy atom. The molecule has 1 aliphatic carbocycles. The molecule has 3 rings (SSSR count). The zero-order valence-electron chi connectivity index (χ0n) is 16.1. The molecule has 2 aromatic rings. The van der Waals surface area contributed by atoms with Gasteiger partial charge in [0.15, 0.2) is 0 Å². The quantitative estimate of drug-likeness (QED) is 0.363. The number of nitrogens with zero attached hydrogens (tertiary/aromatic N) is 2. The Kier molecular flexibility index (Phi) is 6.86. The van der Waals surface area contributed by atoms with E-state index < -0.39 is 17.8 Å². The van der Waals surface area contributed by atoms with Gasteiger partial charge >= 0.3 is 6.18 Å². The Morgan fingerprint density at radius 3 is 2.73 bits per heavy atom. The number of fused-ring (bicyclic) bond motifs is 1. The summed E-state index contributed by atoms with van der Waals surface area (Å²) >= 11 is 0. The zero-order chi connectivity index (χ0) is 21.7. The van der Waals surface area contributed by atoms with Crippen LogP contribution in [0.2, 0.25) is 0 Å². The first-order valence-corrected chi connectivity index (χ1v) is 9.44. The van der Waals surface area contributed by atoms with Gasteiger partial charge in [0.1, 0.15) is 5.69 Å². The van der Waals surface area contributed by atoms with Crippen molar-refractivity contribution >= 4 is 12.0 Å². The van der Waals surface area contributed by atoms with E-state index >= 15 is 0 Å². The molecular formula is C21H22F3N3O3. The number of benzene rings is 1. The van der Waals surface area contributed by atoms with Crippen LogP contribution in [0.3, 0.4) is 0 Å². The second kappa shape index (κ2) is 9.38. The molecule has 1 aromatic heterocycles. The Balaban J connectivity index is 1.76. The van der Waals surface area contributed by atoms with Gasteiger partial charge in [0.25, 0.3) is 5.91 Å². The van der Waals surface area contributed by atoms with Crippen molar-refractivity contribution in [3.8, 4) is 0 Å². The second-order valence-corrected chi connectivity index (χ2v) is 7.07. The van der Waals surface area contributed by atoms with E-state index in [1.165, 1.54) is 23.8 Å². The molecule has 1 aliphatic rings. The molecule has 9 heteroatoms. The van der Waals surface area contributed by atoms with Crippen LogP contribution in [0, 0.1) is 0 Å². The largest absolute Gasteiger partial charge is 0.433 e. The van der Waals surface area contributed by atoms with E-state index in [1.54, 1.807) is 6.08 Å². The van der Waals surface area contributed by atoms with E-state index in [0.29, 0.717) is 18.7 Å². The third-order valence-electron chi connectivity index (χ3n) is 5.08. The van der Waals surface area contributed by atoms with Gasteiger partial charge in [0.2, 0.25) is 0 Å². The molecular weight excluding hydrogens is 399 g/mol. The number of halogens is 3. The molecule has 0 saturated carbocycles. The third-order valence-corrected chi connectivity index (χ3v) is 5.08. The van der Waals surface area contributed by atoms with Crippen LogP contribution in [0.1, 0.15) is 40.4 Å². The fraction of sp³-hybridized carbons (Fsp3) is 0.333. The second-order valence-electron chi connectivity index (χ2n) is 7.07. The minimum Gasteiger partial charge on any atom is -0.395 e. The van der Waals surface area contributed by atoms with E-state index in [9.17, 15) is 23.1 Å². The highest BCUT2D eigenvalue weighted by atomic mass is 19.4. The van der Waals surface area contributed by atoms with Crippen molar-refractivity contribution in [1.29, 1.82) is 0 Å². The predicted octanol–water partition coefficient (Wildman–Crippen LogP) is 3.10. The number of pyridine rings is 1. The van der Waals surface area contributed by atoms with Crippen molar-refractivity contribution in [2.75, 3.05) is 13.2 Å². The van der Waals surface area contributed by atoms with Crippen LogP contribution in [0.25, 0.3) is 6.08 Å². The van der Waals surface area contributed by atoms with Gasteiger partial charge in [-0.1, -0.05) is 24.3 Å². The number of nitrogens with one attached hydrogen (secondary N) is 1. The summed E-state index contributed by atoms with van der Waals surface area (Å²) < 4.78 is 38.2. The summed E-state index contributed by atoms with van der Waals surface area (Å²) in [5.41, 5.74) is 4.26. The van der Waals surface area contributed by atoms with Gasteiger partial charge in [-0.15, -0.1) is 0 Å². The monoisotopic (exact) mass is 421 g/mol. The highest BCUT2D eigenvalue weighted by Gasteiger charge is 2.32. The molecule has 1 atom stereocenters. The molecule has 0 aliphatic heterocycles. The molecule has 0 saturated heterocycles. The van der Waals surface area contributed by atoms with Crippen molar-refractivity contribution < 1.29 is 28.3 Å². The first-order chi connectivity index (χ1) is 14.3. The standard InChI is InChI=1S/C21H22F3N3O3/c22-21(23,24)19-7-2-15(12-25-19)13-27(9-10-28)18-6-4-16-11-14(1-5-17(16)18)3-8-20(29)26-30/h1-3,5,7-8,11-12,18,28,30H,4,6,9-10,13H2,(H,26,29)/b8-3+. The fourth-order valence-electron chi connectivity index (χ4n) is 3.70. The Bertz CT molecular complexity index is 914. The Hall–Kier alpha value is -2.75. The lowest BCUT2D eigenvalue weighted by Crippen LogP contribution is -2.30. The lowest BCUT2D eigenvalue weighted by Gasteiger charge is -2.29. The summed E-state index contributed by atoms with van der Waals surface area (Å²) in [6, 6.07) is 8.18. The van der Waals surface area contributed by atoms with Crippen molar-refractivity contribution in [3.05, 3.63) is 70.6 Å². The highest BCUT2D eigenvalue weighted by molar-refractivity contribution is 5.90. The van der Waals surface area contributed by atoms with Crippen molar-refractivity contribution in [3.63, 3.8) is 0 Å². The summed E-state index contributed by atoms with van der Waals surface area (Å²) in [5.74, 6) is -0.618. The molecule has 0 spiro atoms. The molecule has 1 aromatic carbocycles. The molecule has 1 unspecified atom stereocenters. The summed E-state index contributed by atoms with van der Waals surface area (Å²) in [6.07, 6.45) is 1.19. The minimum absolute atomic E-state index is 0.0215. The molecule has 1 heterocycles. The van der Waals surface area contributed by atoms with E-state index in [1.807, 2.05) is 23.1 Å². The van der Waals surface area contributed by atoms with Crippen LogP contribution in [0.4, 0.5) is 13.2 Å². The summed E-state index contributed by atoms with van der Waals surface area (Å²) in [5, 5.41) is 18.0. The van der Waals surface area contributed by atoms with E-state index in [-0.39, 0.29) is 12.6 Å². The van der Waals surface area contributed by atoms with Gasteiger partial charge in [-0.05, 0) is 47.2 Å². The first-order valence-electron chi connectivity index (χ1n) is 9.44. The summed E-state index contributed by atoms with van der Waals surface area (Å²) in [6.45, 7) is 0.675. The van der Waals surface area contributed by atoms with Crippen LogP contribution < -0.4 is 5.48 Å². The molecule has 0 radical (unpaired) electrons. The molecule has 0 bridgehead atoms. The maximum Gasteiger partial charge on any atom is 0.433 e. The molecule has 3 N–H and O–H groups in total. The number of alkyl halides is 3. The van der Waals surface area contributed by atoms with Gasteiger partial charge in [-0.2, -0.15) is 13.2 Å². The average molecular weight is 421 g/mol. The zero-order valence-corrected chi connectivity index (χ0v) is 16.1.